The molecule has 0 saturated carbocycles. The lowest BCUT2D eigenvalue weighted by atomic mass is 9.98. The number of anilines is 1. The Kier molecular flexibility index (Phi) is 3.89. The van der Waals surface area contributed by atoms with Gasteiger partial charge < -0.3 is 5.32 Å². The number of carbonyl (C=O) groups is 3. The first-order valence-electron chi connectivity index (χ1n) is 7.02. The predicted octanol–water partition coefficient (Wildman–Crippen LogP) is 1.99. The summed E-state index contributed by atoms with van der Waals surface area (Å²) >= 11 is 0. The fraction of sp³-hybridized carbons (Fsp3) is 0.118. The molecule has 3 amide bonds. The van der Waals surface area contributed by atoms with Crippen molar-refractivity contribution in [1.29, 1.82) is 0 Å². The fourth-order valence-electron chi connectivity index (χ4n) is 2.47. The van der Waals surface area contributed by atoms with Crippen LogP contribution in [0.1, 0.15) is 15.9 Å². The molecule has 2 aromatic carbocycles. The highest BCUT2D eigenvalue weighted by Gasteiger charge is 2.31. The molecule has 3 rings (SSSR count). The Morgan fingerprint density at radius 2 is 1.91 bits per heavy atom. The van der Waals surface area contributed by atoms with Crippen molar-refractivity contribution in [3.05, 3.63) is 65.5 Å². The normalized spacial score (nSPS) is 13.7. The van der Waals surface area contributed by atoms with E-state index in [0.29, 0.717) is 11.1 Å². The van der Waals surface area contributed by atoms with Crippen LogP contribution in [-0.2, 0) is 16.0 Å². The molecule has 1 aliphatic rings. The summed E-state index contributed by atoms with van der Waals surface area (Å²) in [7, 11) is 0. The summed E-state index contributed by atoms with van der Waals surface area (Å²) in [6, 6.07) is 12.2. The number of fused-ring (bicyclic) bond motifs is 1. The molecule has 5 nitrogen and oxygen atoms in total. The quantitative estimate of drug-likeness (QED) is 0.881. The van der Waals surface area contributed by atoms with Crippen LogP contribution in [0, 0.1) is 5.82 Å². The lowest BCUT2D eigenvalue weighted by Crippen LogP contribution is -2.46. The maximum atomic E-state index is 13.1. The van der Waals surface area contributed by atoms with E-state index in [4.69, 9.17) is 0 Å². The number of benzene rings is 2. The van der Waals surface area contributed by atoms with E-state index in [1.54, 1.807) is 24.3 Å². The van der Waals surface area contributed by atoms with Crippen molar-refractivity contribution in [3.8, 4) is 0 Å². The highest BCUT2D eigenvalue weighted by Crippen LogP contribution is 2.19. The van der Waals surface area contributed by atoms with Crippen LogP contribution in [0.25, 0.3) is 0 Å². The maximum Gasteiger partial charge on any atom is 0.261 e. The van der Waals surface area contributed by atoms with E-state index in [-0.39, 0.29) is 12.1 Å². The largest absolute Gasteiger partial charge is 0.324 e. The lowest BCUT2D eigenvalue weighted by molar-refractivity contribution is -0.131. The minimum atomic E-state index is -0.559. The third-order valence-electron chi connectivity index (χ3n) is 3.55. The van der Waals surface area contributed by atoms with E-state index in [0.717, 1.165) is 11.0 Å². The zero-order valence-corrected chi connectivity index (χ0v) is 12.1. The van der Waals surface area contributed by atoms with Crippen LogP contribution in [0.4, 0.5) is 10.1 Å². The van der Waals surface area contributed by atoms with Crippen LogP contribution in [0.3, 0.4) is 0 Å². The third kappa shape index (κ3) is 3.11. The molecule has 0 radical (unpaired) electrons. The molecular formula is C17H13FN2O3. The first-order chi connectivity index (χ1) is 11.0. The highest BCUT2D eigenvalue weighted by molar-refractivity contribution is 6.12. The van der Waals surface area contributed by atoms with Gasteiger partial charge in [0.1, 0.15) is 12.4 Å². The minimum absolute atomic E-state index is 0.0785. The second-order valence-corrected chi connectivity index (χ2v) is 5.18. The molecule has 1 aliphatic heterocycles. The monoisotopic (exact) mass is 312 g/mol. The first kappa shape index (κ1) is 14.9. The SMILES string of the molecule is O=C(CN1C(=O)Cc2ccccc2C1=O)Nc1cccc(F)c1. The van der Waals surface area contributed by atoms with Crippen LogP contribution in [0.2, 0.25) is 0 Å². The summed E-state index contributed by atoms with van der Waals surface area (Å²) < 4.78 is 13.1. The Bertz CT molecular complexity index is 804. The molecule has 0 aromatic heterocycles. The van der Waals surface area contributed by atoms with Gasteiger partial charge in [0, 0.05) is 11.3 Å². The van der Waals surface area contributed by atoms with E-state index in [1.165, 1.54) is 18.2 Å². The lowest BCUT2D eigenvalue weighted by Gasteiger charge is -2.26. The van der Waals surface area contributed by atoms with Crippen molar-refractivity contribution >= 4 is 23.4 Å². The van der Waals surface area contributed by atoms with Gasteiger partial charge in [0.05, 0.1) is 6.42 Å². The zero-order chi connectivity index (χ0) is 16.4. The van der Waals surface area contributed by atoms with E-state index in [2.05, 4.69) is 5.32 Å². The van der Waals surface area contributed by atoms with Crippen LogP contribution in [0.15, 0.2) is 48.5 Å². The molecule has 1 heterocycles. The molecule has 0 unspecified atom stereocenters. The summed E-state index contributed by atoms with van der Waals surface area (Å²) in [5.41, 5.74) is 1.35. The molecule has 0 bridgehead atoms. The zero-order valence-electron chi connectivity index (χ0n) is 12.1. The predicted molar refractivity (Wildman–Crippen MR) is 81.2 cm³/mol. The second-order valence-electron chi connectivity index (χ2n) is 5.18. The Balaban J connectivity index is 1.74. The molecule has 2 aromatic rings. The molecule has 0 saturated heterocycles. The van der Waals surface area contributed by atoms with Crippen molar-refractivity contribution in [2.45, 2.75) is 6.42 Å². The smallest absolute Gasteiger partial charge is 0.261 e. The van der Waals surface area contributed by atoms with Gasteiger partial charge in [-0.1, -0.05) is 24.3 Å². The summed E-state index contributed by atoms with van der Waals surface area (Å²) in [5.74, 6) is -1.96. The molecule has 0 spiro atoms. The Labute approximate surface area is 131 Å². The van der Waals surface area contributed by atoms with Gasteiger partial charge in [0.15, 0.2) is 0 Å². The fourth-order valence-corrected chi connectivity index (χ4v) is 2.47. The maximum absolute atomic E-state index is 13.1. The Morgan fingerprint density at radius 1 is 1.13 bits per heavy atom. The number of imide groups is 1. The van der Waals surface area contributed by atoms with Gasteiger partial charge in [-0.3, -0.25) is 19.3 Å². The van der Waals surface area contributed by atoms with Crippen molar-refractivity contribution in [2.75, 3.05) is 11.9 Å². The highest BCUT2D eigenvalue weighted by atomic mass is 19.1. The van der Waals surface area contributed by atoms with Gasteiger partial charge in [-0.15, -0.1) is 0 Å². The van der Waals surface area contributed by atoms with Gasteiger partial charge in [-0.2, -0.15) is 0 Å². The van der Waals surface area contributed by atoms with Crippen LogP contribution >= 0.6 is 0 Å². The van der Waals surface area contributed by atoms with Gasteiger partial charge in [-0.05, 0) is 29.8 Å². The van der Waals surface area contributed by atoms with E-state index in [1.807, 2.05) is 0 Å². The molecule has 0 aliphatic carbocycles. The topological polar surface area (TPSA) is 66.5 Å². The van der Waals surface area contributed by atoms with Crippen molar-refractivity contribution in [3.63, 3.8) is 0 Å². The average Bonchev–Trinajstić information content (AvgIpc) is 2.51. The molecular weight excluding hydrogens is 299 g/mol. The molecule has 0 fully saturated rings. The number of hydrogen-bond acceptors (Lipinski definition) is 3. The summed E-state index contributed by atoms with van der Waals surface area (Å²) in [5, 5.41) is 2.47. The minimum Gasteiger partial charge on any atom is -0.324 e. The number of carbonyl (C=O) groups excluding carboxylic acids is 3. The molecule has 1 N–H and O–H groups in total. The van der Waals surface area contributed by atoms with Crippen LogP contribution < -0.4 is 5.32 Å². The Morgan fingerprint density at radius 3 is 2.70 bits per heavy atom. The van der Waals surface area contributed by atoms with Crippen molar-refractivity contribution in [2.24, 2.45) is 0 Å². The van der Waals surface area contributed by atoms with Crippen LogP contribution in [-0.4, -0.2) is 29.2 Å². The molecule has 23 heavy (non-hydrogen) atoms. The molecule has 6 heteroatoms. The molecule has 116 valence electrons. The van der Waals surface area contributed by atoms with Gasteiger partial charge >= 0.3 is 0 Å². The number of nitrogens with one attached hydrogen (secondary N) is 1. The van der Waals surface area contributed by atoms with E-state index < -0.39 is 30.1 Å². The standard InChI is InChI=1S/C17H13FN2O3/c18-12-5-3-6-13(9-12)19-15(21)10-20-16(22)8-11-4-1-2-7-14(11)17(20)23/h1-7,9H,8,10H2,(H,19,21). The van der Waals surface area contributed by atoms with Crippen molar-refractivity contribution in [1.82, 2.24) is 4.90 Å². The summed E-state index contributed by atoms with van der Waals surface area (Å²) in [4.78, 5) is 37.3. The van der Waals surface area contributed by atoms with Gasteiger partial charge in [-0.25, -0.2) is 4.39 Å². The number of amides is 3. The number of rotatable bonds is 3. The van der Waals surface area contributed by atoms with Crippen LogP contribution in [0.5, 0.6) is 0 Å². The van der Waals surface area contributed by atoms with Crippen molar-refractivity contribution < 1.29 is 18.8 Å². The number of halogens is 1. The van der Waals surface area contributed by atoms with Gasteiger partial charge in [0.25, 0.3) is 5.91 Å². The van der Waals surface area contributed by atoms with E-state index >= 15 is 0 Å². The first-order valence-corrected chi connectivity index (χ1v) is 7.02. The third-order valence-corrected chi connectivity index (χ3v) is 3.55. The summed E-state index contributed by atoms with van der Waals surface area (Å²) in [6.07, 6.45) is 0.0785. The summed E-state index contributed by atoms with van der Waals surface area (Å²) in [6.45, 7) is -0.400. The van der Waals surface area contributed by atoms with Gasteiger partial charge in [0.2, 0.25) is 11.8 Å². The molecule has 0 atom stereocenters. The number of hydrogen-bond donors (Lipinski definition) is 1. The second kappa shape index (κ2) is 6.00. The van der Waals surface area contributed by atoms with E-state index in [9.17, 15) is 18.8 Å². The Hall–Kier alpha value is -3.02. The number of nitrogens with zero attached hydrogens (tertiary/aromatic N) is 1. The average molecular weight is 312 g/mol.